The summed E-state index contributed by atoms with van der Waals surface area (Å²) in [5, 5.41) is 4.13. The van der Waals surface area contributed by atoms with Gasteiger partial charge in [-0.05, 0) is 26.7 Å². The Bertz CT molecular complexity index is 538. The van der Waals surface area contributed by atoms with Gasteiger partial charge in [0.05, 0.1) is 23.0 Å². The van der Waals surface area contributed by atoms with Crippen molar-refractivity contribution in [2.45, 2.75) is 39.4 Å². The van der Waals surface area contributed by atoms with E-state index in [1.807, 2.05) is 0 Å². The fourth-order valence-electron chi connectivity index (χ4n) is 2.56. The number of hydrogen-bond acceptors (Lipinski definition) is 3. The Hall–Kier alpha value is -1.73. The second kappa shape index (κ2) is 5.57. The van der Waals surface area contributed by atoms with Crippen LogP contribution in [0.5, 0.6) is 0 Å². The van der Waals surface area contributed by atoms with Crippen molar-refractivity contribution in [3.8, 4) is 0 Å². The Labute approximate surface area is 120 Å². The lowest BCUT2D eigenvalue weighted by Crippen LogP contribution is -2.45. The molecule has 8 heteroatoms. The normalized spacial score (nSPS) is 19.9. The van der Waals surface area contributed by atoms with Gasteiger partial charge in [0.1, 0.15) is 6.54 Å². The van der Waals surface area contributed by atoms with Crippen LogP contribution in [0.3, 0.4) is 0 Å². The third-order valence-corrected chi connectivity index (χ3v) is 3.96. The summed E-state index contributed by atoms with van der Waals surface area (Å²) < 4.78 is 39.7. The number of carbonyl (C=O) groups excluding carboxylic acids is 1. The maximum Gasteiger partial charge on any atom is 0.393 e. The van der Waals surface area contributed by atoms with Crippen LogP contribution in [0.2, 0.25) is 0 Å². The van der Waals surface area contributed by atoms with Crippen molar-refractivity contribution in [2.24, 2.45) is 5.92 Å². The predicted molar refractivity (Wildman–Crippen MR) is 71.5 cm³/mol. The second-order valence-corrected chi connectivity index (χ2v) is 5.46. The molecule has 0 spiro atoms. The van der Waals surface area contributed by atoms with E-state index in [1.165, 1.54) is 9.58 Å². The van der Waals surface area contributed by atoms with Gasteiger partial charge in [-0.15, -0.1) is 0 Å². The van der Waals surface area contributed by atoms with Crippen molar-refractivity contribution < 1.29 is 18.0 Å². The fourth-order valence-corrected chi connectivity index (χ4v) is 2.56. The Morgan fingerprint density at radius 3 is 2.62 bits per heavy atom. The predicted octanol–water partition coefficient (Wildman–Crippen LogP) is 1.88. The number of amides is 1. The summed E-state index contributed by atoms with van der Waals surface area (Å²) in [5.74, 6) is -1.78. The van der Waals surface area contributed by atoms with Crippen LogP contribution in [0.15, 0.2) is 0 Å². The van der Waals surface area contributed by atoms with Gasteiger partial charge in [-0.3, -0.25) is 9.48 Å². The minimum atomic E-state index is -4.25. The summed E-state index contributed by atoms with van der Waals surface area (Å²) in [7, 11) is 0. The summed E-state index contributed by atoms with van der Waals surface area (Å²) >= 11 is 0. The molecule has 1 aliphatic heterocycles. The number of aromatic nitrogens is 2. The summed E-state index contributed by atoms with van der Waals surface area (Å²) in [6.45, 7) is 3.48. The molecule has 1 atom stereocenters. The number of nitrogens with two attached hydrogens (primary N) is 1. The lowest BCUT2D eigenvalue weighted by Gasteiger charge is -2.33. The van der Waals surface area contributed by atoms with Gasteiger partial charge >= 0.3 is 6.18 Å². The molecule has 5 nitrogen and oxygen atoms in total. The monoisotopic (exact) mass is 304 g/mol. The summed E-state index contributed by atoms with van der Waals surface area (Å²) in [5.41, 5.74) is 7.56. The molecule has 1 aromatic rings. The Morgan fingerprint density at radius 2 is 2.10 bits per heavy atom. The van der Waals surface area contributed by atoms with Crippen LogP contribution in [-0.4, -0.2) is 39.9 Å². The fraction of sp³-hybridized carbons (Fsp3) is 0.692. The third-order valence-electron chi connectivity index (χ3n) is 3.96. The molecule has 1 amide bonds. The Kier molecular flexibility index (Phi) is 4.15. The molecule has 21 heavy (non-hydrogen) atoms. The van der Waals surface area contributed by atoms with Crippen LogP contribution in [0, 0.1) is 19.8 Å². The molecular weight excluding hydrogens is 285 g/mol. The van der Waals surface area contributed by atoms with Gasteiger partial charge in [-0.1, -0.05) is 0 Å². The average molecular weight is 304 g/mol. The number of carbonyl (C=O) groups is 1. The maximum absolute atomic E-state index is 12.8. The molecule has 1 unspecified atom stereocenters. The summed E-state index contributed by atoms with van der Waals surface area (Å²) in [6.07, 6.45) is -3.79. The molecule has 2 heterocycles. The zero-order valence-corrected chi connectivity index (χ0v) is 12.1. The average Bonchev–Trinajstić information content (AvgIpc) is 2.65. The van der Waals surface area contributed by atoms with Crippen LogP contribution in [0.4, 0.5) is 18.9 Å². The van der Waals surface area contributed by atoms with E-state index in [2.05, 4.69) is 5.10 Å². The van der Waals surface area contributed by atoms with Gasteiger partial charge in [-0.2, -0.15) is 18.3 Å². The van der Waals surface area contributed by atoms with E-state index < -0.39 is 12.1 Å². The number of nitrogen functional groups attached to an aromatic ring is 1. The number of hydrogen-bond donors (Lipinski definition) is 1. The lowest BCUT2D eigenvalue weighted by molar-refractivity contribution is -0.188. The van der Waals surface area contributed by atoms with E-state index >= 15 is 0 Å². The standard InChI is InChI=1S/C13H19F3N4O/c1-8-12(17)9(2)20(18-8)7-11(21)19-5-3-4-10(6-19)13(14,15)16/h10H,3-7,17H2,1-2H3. The van der Waals surface area contributed by atoms with E-state index in [0.717, 1.165) is 0 Å². The molecule has 0 bridgehead atoms. The van der Waals surface area contributed by atoms with Gasteiger partial charge in [0.25, 0.3) is 0 Å². The molecule has 1 aromatic heterocycles. The smallest absolute Gasteiger partial charge is 0.393 e. The number of anilines is 1. The van der Waals surface area contributed by atoms with Crippen LogP contribution < -0.4 is 5.73 Å². The molecule has 1 aliphatic rings. The van der Waals surface area contributed by atoms with Gasteiger partial charge in [0.15, 0.2) is 0 Å². The first-order valence-corrected chi connectivity index (χ1v) is 6.84. The highest BCUT2D eigenvalue weighted by molar-refractivity contribution is 5.76. The maximum atomic E-state index is 12.8. The van der Waals surface area contributed by atoms with Crippen molar-refractivity contribution >= 4 is 11.6 Å². The highest BCUT2D eigenvalue weighted by Crippen LogP contribution is 2.33. The molecule has 1 fully saturated rings. The van der Waals surface area contributed by atoms with E-state index in [9.17, 15) is 18.0 Å². The second-order valence-electron chi connectivity index (χ2n) is 5.46. The number of halogens is 3. The molecule has 2 rings (SSSR count). The quantitative estimate of drug-likeness (QED) is 0.907. The molecule has 0 radical (unpaired) electrons. The van der Waals surface area contributed by atoms with Crippen molar-refractivity contribution in [1.29, 1.82) is 0 Å². The first-order chi connectivity index (χ1) is 9.70. The molecule has 0 aromatic carbocycles. The number of alkyl halides is 3. The lowest BCUT2D eigenvalue weighted by atomic mass is 9.97. The van der Waals surface area contributed by atoms with E-state index in [1.54, 1.807) is 13.8 Å². The Morgan fingerprint density at radius 1 is 1.43 bits per heavy atom. The van der Waals surface area contributed by atoms with Gasteiger partial charge in [0.2, 0.25) is 5.91 Å². The van der Waals surface area contributed by atoms with Gasteiger partial charge < -0.3 is 10.6 Å². The summed E-state index contributed by atoms with van der Waals surface area (Å²) in [4.78, 5) is 13.4. The highest BCUT2D eigenvalue weighted by atomic mass is 19.4. The third kappa shape index (κ3) is 3.30. The van der Waals surface area contributed by atoms with E-state index in [-0.39, 0.29) is 25.4 Å². The highest BCUT2D eigenvalue weighted by Gasteiger charge is 2.42. The van der Waals surface area contributed by atoms with Crippen molar-refractivity contribution in [2.75, 3.05) is 18.8 Å². The topological polar surface area (TPSA) is 64.2 Å². The minimum absolute atomic E-state index is 0.0749. The SMILES string of the molecule is Cc1nn(CC(=O)N2CCCC(C(F)(F)F)C2)c(C)c1N. The number of aryl methyl sites for hydroxylation is 1. The molecule has 1 saturated heterocycles. The zero-order valence-electron chi connectivity index (χ0n) is 12.1. The van der Waals surface area contributed by atoms with E-state index in [0.29, 0.717) is 30.0 Å². The summed E-state index contributed by atoms with van der Waals surface area (Å²) in [6, 6.07) is 0. The number of likely N-dealkylation sites (tertiary alicyclic amines) is 1. The van der Waals surface area contributed by atoms with Gasteiger partial charge in [-0.25, -0.2) is 0 Å². The molecule has 2 N–H and O–H groups in total. The minimum Gasteiger partial charge on any atom is -0.396 e. The van der Waals surface area contributed by atoms with Gasteiger partial charge in [0, 0.05) is 13.1 Å². The van der Waals surface area contributed by atoms with Crippen LogP contribution >= 0.6 is 0 Å². The van der Waals surface area contributed by atoms with Crippen LogP contribution in [0.25, 0.3) is 0 Å². The number of piperidine rings is 1. The molecule has 0 aliphatic carbocycles. The Balaban J connectivity index is 2.04. The number of rotatable bonds is 2. The number of nitrogens with zero attached hydrogens (tertiary/aromatic N) is 3. The molecular formula is C13H19F3N4O. The first kappa shape index (κ1) is 15.7. The molecule has 0 saturated carbocycles. The van der Waals surface area contributed by atoms with Crippen molar-refractivity contribution in [1.82, 2.24) is 14.7 Å². The molecule has 118 valence electrons. The first-order valence-electron chi connectivity index (χ1n) is 6.84. The van der Waals surface area contributed by atoms with Crippen molar-refractivity contribution in [3.63, 3.8) is 0 Å². The van der Waals surface area contributed by atoms with Crippen LogP contribution in [0.1, 0.15) is 24.2 Å². The van der Waals surface area contributed by atoms with Crippen LogP contribution in [-0.2, 0) is 11.3 Å². The zero-order chi connectivity index (χ0) is 15.8. The van der Waals surface area contributed by atoms with Crippen molar-refractivity contribution in [3.05, 3.63) is 11.4 Å². The largest absolute Gasteiger partial charge is 0.396 e. The van der Waals surface area contributed by atoms with E-state index in [4.69, 9.17) is 5.73 Å².